The topological polar surface area (TPSA) is 105 Å². The second kappa shape index (κ2) is 6.49. The number of imide groups is 1. The number of benzene rings is 1. The zero-order valence-electron chi connectivity index (χ0n) is 11.8. The van der Waals surface area contributed by atoms with E-state index in [1.54, 1.807) is 12.1 Å². The van der Waals surface area contributed by atoms with Crippen LogP contribution >= 0.6 is 0 Å². The Bertz CT molecular complexity index is 698. The summed E-state index contributed by atoms with van der Waals surface area (Å²) >= 11 is 0. The van der Waals surface area contributed by atoms with E-state index in [2.05, 4.69) is 10.3 Å². The zero-order valence-corrected chi connectivity index (χ0v) is 11.8. The van der Waals surface area contributed by atoms with E-state index >= 15 is 0 Å². The maximum absolute atomic E-state index is 12.2. The number of anilines is 3. The van der Waals surface area contributed by atoms with Gasteiger partial charge in [-0.25, -0.2) is 9.88 Å². The Balaban J connectivity index is 2.21. The summed E-state index contributed by atoms with van der Waals surface area (Å²) in [6.07, 6.45) is 1.48. The van der Waals surface area contributed by atoms with Crippen molar-refractivity contribution in [1.29, 1.82) is 0 Å². The summed E-state index contributed by atoms with van der Waals surface area (Å²) in [5, 5.41) is 2.34. The first-order valence-electron chi connectivity index (χ1n) is 6.41. The predicted octanol–water partition coefficient (Wildman–Crippen LogP) is 1.18. The van der Waals surface area contributed by atoms with Crippen LogP contribution < -0.4 is 16.0 Å². The van der Waals surface area contributed by atoms with Gasteiger partial charge < -0.3 is 11.1 Å². The number of carbonyl (C=O) groups excluding carboxylic acids is 3. The van der Waals surface area contributed by atoms with Crippen molar-refractivity contribution in [1.82, 2.24) is 4.98 Å². The number of nitrogen functional groups attached to an aromatic ring is 1. The SMILES string of the molecule is CC(=O)N(C(=O)C(=O)Nc1ccccn1)c1ccc(N)cc1. The first-order chi connectivity index (χ1) is 10.5. The Hall–Kier alpha value is -3.22. The van der Waals surface area contributed by atoms with Crippen LogP contribution in [0.5, 0.6) is 0 Å². The second-order valence-electron chi connectivity index (χ2n) is 4.42. The minimum Gasteiger partial charge on any atom is -0.399 e. The van der Waals surface area contributed by atoms with Crippen molar-refractivity contribution in [2.75, 3.05) is 16.0 Å². The molecule has 22 heavy (non-hydrogen) atoms. The van der Waals surface area contributed by atoms with Gasteiger partial charge in [0.25, 0.3) is 0 Å². The van der Waals surface area contributed by atoms with Gasteiger partial charge in [0.05, 0.1) is 5.69 Å². The predicted molar refractivity (Wildman–Crippen MR) is 81.9 cm³/mol. The summed E-state index contributed by atoms with van der Waals surface area (Å²) in [6.45, 7) is 1.20. The third kappa shape index (κ3) is 3.45. The molecule has 0 bridgehead atoms. The van der Waals surface area contributed by atoms with Crippen LogP contribution in [0.3, 0.4) is 0 Å². The van der Waals surface area contributed by atoms with E-state index in [9.17, 15) is 14.4 Å². The van der Waals surface area contributed by atoms with Crippen LogP contribution in [0.25, 0.3) is 0 Å². The van der Waals surface area contributed by atoms with E-state index in [0.29, 0.717) is 5.69 Å². The average molecular weight is 298 g/mol. The van der Waals surface area contributed by atoms with E-state index < -0.39 is 17.7 Å². The average Bonchev–Trinajstić information content (AvgIpc) is 2.50. The fourth-order valence-electron chi connectivity index (χ4n) is 1.77. The van der Waals surface area contributed by atoms with Gasteiger partial charge in [-0.1, -0.05) is 6.07 Å². The smallest absolute Gasteiger partial charge is 0.323 e. The van der Waals surface area contributed by atoms with Gasteiger partial charge in [-0.2, -0.15) is 0 Å². The van der Waals surface area contributed by atoms with Gasteiger partial charge in [0.2, 0.25) is 5.91 Å². The molecule has 1 heterocycles. The van der Waals surface area contributed by atoms with Crippen LogP contribution in [-0.2, 0) is 14.4 Å². The van der Waals surface area contributed by atoms with Crippen LogP contribution in [0, 0.1) is 0 Å². The van der Waals surface area contributed by atoms with Crippen LogP contribution in [0.1, 0.15) is 6.92 Å². The molecular formula is C15H14N4O3. The molecule has 3 amide bonds. The molecule has 0 aliphatic rings. The van der Waals surface area contributed by atoms with Crippen molar-refractivity contribution in [2.24, 2.45) is 0 Å². The monoisotopic (exact) mass is 298 g/mol. The van der Waals surface area contributed by atoms with Crippen molar-refractivity contribution < 1.29 is 14.4 Å². The molecule has 0 aliphatic heterocycles. The van der Waals surface area contributed by atoms with E-state index in [1.165, 1.54) is 43.5 Å². The Labute approximate surface area is 126 Å². The van der Waals surface area contributed by atoms with E-state index in [4.69, 9.17) is 5.73 Å². The molecule has 0 atom stereocenters. The molecule has 0 fully saturated rings. The number of aromatic nitrogens is 1. The van der Waals surface area contributed by atoms with Gasteiger partial charge >= 0.3 is 11.8 Å². The fraction of sp³-hybridized carbons (Fsp3) is 0.0667. The lowest BCUT2D eigenvalue weighted by molar-refractivity contribution is -0.136. The second-order valence-corrected chi connectivity index (χ2v) is 4.42. The van der Waals surface area contributed by atoms with Gasteiger partial charge in [0.15, 0.2) is 0 Å². The number of nitrogens with zero attached hydrogens (tertiary/aromatic N) is 2. The molecular weight excluding hydrogens is 284 g/mol. The van der Waals surface area contributed by atoms with Crippen LogP contribution in [0.2, 0.25) is 0 Å². The standard InChI is InChI=1S/C15H14N4O3/c1-10(20)19(12-7-5-11(16)6-8-12)15(22)14(21)18-13-4-2-3-9-17-13/h2-9H,16H2,1H3,(H,17,18,21). The zero-order chi connectivity index (χ0) is 16.1. The summed E-state index contributed by atoms with van der Waals surface area (Å²) in [4.78, 5) is 40.6. The van der Waals surface area contributed by atoms with Gasteiger partial charge in [-0.05, 0) is 36.4 Å². The fourth-order valence-corrected chi connectivity index (χ4v) is 1.77. The summed E-state index contributed by atoms with van der Waals surface area (Å²) < 4.78 is 0. The molecule has 0 aliphatic carbocycles. The molecule has 1 aromatic heterocycles. The molecule has 0 saturated heterocycles. The minimum atomic E-state index is -0.997. The van der Waals surface area contributed by atoms with E-state index in [-0.39, 0.29) is 11.5 Å². The highest BCUT2D eigenvalue weighted by Gasteiger charge is 2.27. The number of nitrogens with two attached hydrogens (primary N) is 1. The van der Waals surface area contributed by atoms with Gasteiger partial charge in [-0.3, -0.25) is 14.4 Å². The molecule has 3 N–H and O–H groups in total. The van der Waals surface area contributed by atoms with Crippen LogP contribution in [-0.4, -0.2) is 22.7 Å². The maximum atomic E-state index is 12.2. The van der Waals surface area contributed by atoms with E-state index in [0.717, 1.165) is 4.90 Å². The van der Waals surface area contributed by atoms with Gasteiger partial charge in [0, 0.05) is 18.8 Å². The molecule has 7 heteroatoms. The molecule has 2 aromatic rings. The van der Waals surface area contributed by atoms with Gasteiger partial charge in [0.1, 0.15) is 5.82 Å². The lowest BCUT2D eigenvalue weighted by Gasteiger charge is -2.18. The normalized spacial score (nSPS) is 9.86. The van der Waals surface area contributed by atoms with Crippen molar-refractivity contribution >= 4 is 34.9 Å². The first-order valence-corrected chi connectivity index (χ1v) is 6.41. The number of pyridine rings is 1. The third-order valence-electron chi connectivity index (χ3n) is 2.77. The highest BCUT2D eigenvalue weighted by molar-refractivity contribution is 6.48. The summed E-state index contributed by atoms with van der Waals surface area (Å²) in [5.74, 6) is -2.30. The van der Waals surface area contributed by atoms with Crippen molar-refractivity contribution in [2.45, 2.75) is 6.92 Å². The molecule has 2 rings (SSSR count). The Morgan fingerprint density at radius 1 is 1.09 bits per heavy atom. The quantitative estimate of drug-likeness (QED) is 0.640. The molecule has 0 unspecified atom stereocenters. The summed E-state index contributed by atoms with van der Waals surface area (Å²) in [6, 6.07) is 10.9. The highest BCUT2D eigenvalue weighted by atomic mass is 16.2. The molecule has 0 spiro atoms. The molecule has 0 radical (unpaired) electrons. The molecule has 1 aromatic carbocycles. The van der Waals surface area contributed by atoms with Crippen LogP contribution in [0.15, 0.2) is 48.7 Å². The highest BCUT2D eigenvalue weighted by Crippen LogP contribution is 2.17. The van der Waals surface area contributed by atoms with E-state index in [1.807, 2.05) is 0 Å². The Kier molecular flexibility index (Phi) is 4.47. The number of nitrogens with one attached hydrogen (secondary N) is 1. The third-order valence-corrected chi connectivity index (χ3v) is 2.77. The van der Waals surface area contributed by atoms with Crippen molar-refractivity contribution in [3.63, 3.8) is 0 Å². The minimum absolute atomic E-state index is 0.224. The Morgan fingerprint density at radius 2 is 1.77 bits per heavy atom. The lowest BCUT2D eigenvalue weighted by atomic mass is 10.2. The number of rotatable bonds is 2. The largest absolute Gasteiger partial charge is 0.399 e. The van der Waals surface area contributed by atoms with Crippen molar-refractivity contribution in [3.8, 4) is 0 Å². The van der Waals surface area contributed by atoms with Crippen molar-refractivity contribution in [3.05, 3.63) is 48.7 Å². The number of carbonyl (C=O) groups is 3. The lowest BCUT2D eigenvalue weighted by Crippen LogP contribution is -2.42. The Morgan fingerprint density at radius 3 is 2.32 bits per heavy atom. The first kappa shape index (κ1) is 15.2. The molecule has 7 nitrogen and oxygen atoms in total. The number of amides is 3. The van der Waals surface area contributed by atoms with Crippen LogP contribution in [0.4, 0.5) is 17.2 Å². The summed E-state index contributed by atoms with van der Waals surface area (Å²) in [7, 11) is 0. The number of hydrogen-bond acceptors (Lipinski definition) is 5. The maximum Gasteiger partial charge on any atom is 0.323 e. The summed E-state index contributed by atoms with van der Waals surface area (Å²) in [5.41, 5.74) is 6.32. The molecule has 0 saturated carbocycles. The number of hydrogen-bond donors (Lipinski definition) is 2. The molecule has 112 valence electrons. The van der Waals surface area contributed by atoms with Gasteiger partial charge in [-0.15, -0.1) is 0 Å².